The zero-order valence-electron chi connectivity index (χ0n) is 16.4. The highest BCUT2D eigenvalue weighted by molar-refractivity contribution is 6.99. The van der Waals surface area contributed by atoms with Gasteiger partial charge < -0.3 is 25.3 Å². The lowest BCUT2D eigenvalue weighted by Crippen LogP contribution is -2.29. The van der Waals surface area contributed by atoms with Crippen LogP contribution in [0.3, 0.4) is 0 Å². The lowest BCUT2D eigenvalue weighted by atomic mass is 10.1. The number of phenolic OH excluding ortho intramolecular Hbond substituents is 1. The maximum atomic E-state index is 12.8. The van der Waals surface area contributed by atoms with Crippen molar-refractivity contribution in [1.82, 2.24) is 13.6 Å². The molecular formula is C20H19Cl2N5O3S. The summed E-state index contributed by atoms with van der Waals surface area (Å²) < 4.78 is 8.60. The highest BCUT2D eigenvalue weighted by Gasteiger charge is 2.28. The molecule has 162 valence electrons. The van der Waals surface area contributed by atoms with Gasteiger partial charge in [0.15, 0.2) is 17.4 Å². The van der Waals surface area contributed by atoms with Crippen molar-refractivity contribution >= 4 is 63.8 Å². The Bertz CT molecular complexity index is 1130. The molecule has 1 atom stereocenters. The van der Waals surface area contributed by atoms with E-state index in [1.54, 1.807) is 48.3 Å². The molecule has 3 N–H and O–H groups in total. The van der Waals surface area contributed by atoms with Crippen LogP contribution in [-0.2, 0) is 0 Å². The predicted molar refractivity (Wildman–Crippen MR) is 122 cm³/mol. The Morgan fingerprint density at radius 3 is 2.77 bits per heavy atom. The first-order valence-corrected chi connectivity index (χ1v) is 10.9. The Morgan fingerprint density at radius 1 is 1.26 bits per heavy atom. The van der Waals surface area contributed by atoms with Crippen molar-refractivity contribution in [3.8, 4) is 5.75 Å². The van der Waals surface area contributed by atoms with Crippen molar-refractivity contribution in [3.05, 3.63) is 52.0 Å². The van der Waals surface area contributed by atoms with Crippen LogP contribution in [0.2, 0.25) is 10.0 Å². The number of rotatable bonds is 5. The van der Waals surface area contributed by atoms with Gasteiger partial charge in [0.25, 0.3) is 5.91 Å². The lowest BCUT2D eigenvalue weighted by Gasteiger charge is -2.20. The molecule has 1 aromatic heterocycles. The predicted octanol–water partition coefficient (Wildman–Crippen LogP) is 4.27. The minimum Gasteiger partial charge on any atom is -0.505 e. The SMILES string of the molecule is CN(c1cccc(Cl)c1Cl)c1nsnc1Nc1cccc(C(=O)N2CC[C@@H](O)C2)c1O. The maximum absolute atomic E-state index is 12.8. The molecular weight excluding hydrogens is 461 g/mol. The number of amides is 1. The number of hydrogen-bond acceptors (Lipinski definition) is 8. The normalized spacial score (nSPS) is 15.9. The molecule has 2 aromatic carbocycles. The summed E-state index contributed by atoms with van der Waals surface area (Å²) in [6.45, 7) is 0.698. The van der Waals surface area contributed by atoms with Gasteiger partial charge in [-0.05, 0) is 30.7 Å². The van der Waals surface area contributed by atoms with E-state index in [4.69, 9.17) is 23.2 Å². The number of aliphatic hydroxyl groups excluding tert-OH is 1. The number of aliphatic hydroxyl groups is 1. The first-order valence-electron chi connectivity index (χ1n) is 9.43. The van der Waals surface area contributed by atoms with Gasteiger partial charge in [0.1, 0.15) is 0 Å². The largest absolute Gasteiger partial charge is 0.505 e. The quantitative estimate of drug-likeness (QED) is 0.469. The number of aromatic nitrogens is 2. The molecule has 4 rings (SSSR count). The molecule has 0 radical (unpaired) electrons. The zero-order chi connectivity index (χ0) is 22.1. The fourth-order valence-electron chi connectivity index (χ4n) is 3.39. The summed E-state index contributed by atoms with van der Waals surface area (Å²) >= 11 is 13.5. The molecule has 31 heavy (non-hydrogen) atoms. The number of anilines is 4. The van der Waals surface area contributed by atoms with Gasteiger partial charge in [-0.1, -0.05) is 35.3 Å². The van der Waals surface area contributed by atoms with Crippen molar-refractivity contribution in [2.24, 2.45) is 0 Å². The number of carbonyl (C=O) groups excluding carboxylic acids is 1. The van der Waals surface area contributed by atoms with Crippen LogP contribution < -0.4 is 10.2 Å². The topological polar surface area (TPSA) is 102 Å². The standard InChI is InChI=1S/C20H19Cl2N5O3S/c1-26(15-7-3-5-13(21)16(15)22)19-18(24-31-25-19)23-14-6-2-4-12(17(14)29)20(30)27-9-8-11(28)10-27/h2-7,11,28-29H,8-10H2,1H3,(H,23,24)/t11-/m1/s1. The first-order chi connectivity index (χ1) is 14.9. The van der Waals surface area contributed by atoms with E-state index >= 15 is 0 Å². The number of aromatic hydroxyl groups is 1. The Labute approximate surface area is 193 Å². The third kappa shape index (κ3) is 4.27. The molecule has 1 saturated heterocycles. The number of hydrogen-bond donors (Lipinski definition) is 3. The Balaban J connectivity index is 1.61. The maximum Gasteiger partial charge on any atom is 0.257 e. The summed E-state index contributed by atoms with van der Waals surface area (Å²) in [5, 5.41) is 24.3. The molecule has 0 unspecified atom stereocenters. The summed E-state index contributed by atoms with van der Waals surface area (Å²) in [5.41, 5.74) is 1.10. The summed E-state index contributed by atoms with van der Waals surface area (Å²) in [5.74, 6) is 0.335. The lowest BCUT2D eigenvalue weighted by molar-refractivity contribution is 0.0762. The van der Waals surface area contributed by atoms with E-state index in [9.17, 15) is 15.0 Å². The van der Waals surface area contributed by atoms with E-state index in [0.29, 0.717) is 46.0 Å². The van der Waals surface area contributed by atoms with E-state index < -0.39 is 6.10 Å². The molecule has 0 bridgehead atoms. The van der Waals surface area contributed by atoms with Crippen molar-refractivity contribution < 1.29 is 15.0 Å². The molecule has 1 aliphatic rings. The van der Waals surface area contributed by atoms with Gasteiger partial charge in [-0.3, -0.25) is 4.79 Å². The van der Waals surface area contributed by atoms with Gasteiger partial charge in [0.05, 0.1) is 44.8 Å². The van der Waals surface area contributed by atoms with Gasteiger partial charge in [-0.15, -0.1) is 0 Å². The van der Waals surface area contributed by atoms with Gasteiger partial charge in [0, 0.05) is 20.1 Å². The number of nitrogens with zero attached hydrogens (tertiary/aromatic N) is 4. The zero-order valence-corrected chi connectivity index (χ0v) is 18.7. The molecule has 0 aliphatic carbocycles. The van der Waals surface area contributed by atoms with Gasteiger partial charge in [0.2, 0.25) is 0 Å². The molecule has 8 nitrogen and oxygen atoms in total. The van der Waals surface area contributed by atoms with E-state index in [1.807, 2.05) is 0 Å². The van der Waals surface area contributed by atoms with E-state index in [0.717, 1.165) is 11.7 Å². The van der Waals surface area contributed by atoms with E-state index in [1.165, 1.54) is 4.90 Å². The number of β-amino-alcohol motifs (C(OH)–C–C–N with tert-alkyl or cyclic N) is 1. The number of nitrogens with one attached hydrogen (secondary N) is 1. The summed E-state index contributed by atoms with van der Waals surface area (Å²) in [6.07, 6.45) is -0.0126. The van der Waals surface area contributed by atoms with Crippen LogP contribution in [0.15, 0.2) is 36.4 Å². The Hall–Kier alpha value is -2.59. The highest BCUT2D eigenvalue weighted by Crippen LogP contribution is 2.39. The van der Waals surface area contributed by atoms with Crippen molar-refractivity contribution in [2.75, 3.05) is 30.4 Å². The van der Waals surface area contributed by atoms with Crippen LogP contribution in [0, 0.1) is 0 Å². The van der Waals surface area contributed by atoms with Crippen LogP contribution in [0.5, 0.6) is 5.75 Å². The Kier molecular flexibility index (Phi) is 6.19. The molecule has 1 aliphatic heterocycles. The first kappa shape index (κ1) is 21.6. The highest BCUT2D eigenvalue weighted by atomic mass is 35.5. The average molecular weight is 480 g/mol. The minimum atomic E-state index is -0.537. The van der Waals surface area contributed by atoms with Gasteiger partial charge >= 0.3 is 0 Å². The molecule has 3 aromatic rings. The number of likely N-dealkylation sites (tertiary alicyclic amines) is 1. The number of phenols is 1. The fraction of sp³-hybridized carbons (Fsp3) is 0.250. The molecule has 0 spiro atoms. The summed E-state index contributed by atoms with van der Waals surface area (Å²) in [4.78, 5) is 16.0. The van der Waals surface area contributed by atoms with Crippen LogP contribution in [-0.4, -0.2) is 56.0 Å². The van der Waals surface area contributed by atoms with Gasteiger partial charge in [-0.2, -0.15) is 8.75 Å². The molecule has 0 saturated carbocycles. The van der Waals surface area contributed by atoms with E-state index in [2.05, 4.69) is 14.1 Å². The minimum absolute atomic E-state index is 0.148. The third-order valence-corrected chi connectivity index (χ3v) is 6.38. The number of carbonyl (C=O) groups is 1. The van der Waals surface area contributed by atoms with Gasteiger partial charge in [-0.25, -0.2) is 0 Å². The van der Waals surface area contributed by atoms with Crippen molar-refractivity contribution in [1.29, 1.82) is 0 Å². The smallest absolute Gasteiger partial charge is 0.257 e. The third-order valence-electron chi connectivity index (χ3n) is 5.05. The van der Waals surface area contributed by atoms with E-state index in [-0.39, 0.29) is 23.8 Å². The molecule has 11 heteroatoms. The summed E-state index contributed by atoms with van der Waals surface area (Å²) in [7, 11) is 1.78. The molecule has 2 heterocycles. The summed E-state index contributed by atoms with van der Waals surface area (Å²) in [6, 6.07) is 10.1. The second kappa shape index (κ2) is 8.88. The average Bonchev–Trinajstić information content (AvgIpc) is 3.39. The Morgan fingerprint density at radius 2 is 2.03 bits per heavy atom. The van der Waals surface area contributed by atoms with Crippen molar-refractivity contribution in [3.63, 3.8) is 0 Å². The van der Waals surface area contributed by atoms with Crippen LogP contribution in [0.4, 0.5) is 23.0 Å². The second-order valence-corrected chi connectivity index (χ2v) is 8.40. The van der Waals surface area contributed by atoms with Crippen LogP contribution >= 0.6 is 34.9 Å². The molecule has 1 fully saturated rings. The molecule has 1 amide bonds. The van der Waals surface area contributed by atoms with Crippen LogP contribution in [0.25, 0.3) is 0 Å². The monoisotopic (exact) mass is 479 g/mol. The van der Waals surface area contributed by atoms with Crippen LogP contribution in [0.1, 0.15) is 16.8 Å². The fourth-order valence-corrected chi connectivity index (χ4v) is 4.35. The number of halogens is 2. The van der Waals surface area contributed by atoms with Crippen molar-refractivity contribution in [2.45, 2.75) is 12.5 Å². The number of benzene rings is 2. The second-order valence-electron chi connectivity index (χ2n) is 7.09. The number of para-hydroxylation sites is 1.